The van der Waals surface area contributed by atoms with E-state index in [0.29, 0.717) is 0 Å². The molecule has 1 heterocycles. The standard InChI is InChI=1S/C5H6N4O2S.Na.H/c6-4(10)3(9-11)2-1-12-5(7)8-2;;/h1,11H,(H2,6,10)(H2,7,8);;/q;+1;-1. The van der Waals surface area contributed by atoms with Crippen molar-refractivity contribution in [3.05, 3.63) is 11.1 Å². The maximum absolute atomic E-state index is 10.6. The van der Waals surface area contributed by atoms with Crippen molar-refractivity contribution < 1.29 is 41.0 Å². The SMILES string of the molecule is NC(=O)C(=NO)c1csc(N)n1.[H-].[Na+]. The normalized spacial score (nSPS) is 10.6. The molecular weight excluding hydrogens is 203 g/mol. The van der Waals surface area contributed by atoms with Crippen molar-refractivity contribution >= 4 is 28.1 Å². The van der Waals surface area contributed by atoms with Gasteiger partial charge < -0.3 is 18.1 Å². The van der Waals surface area contributed by atoms with Crippen LogP contribution in [0.1, 0.15) is 7.12 Å². The van der Waals surface area contributed by atoms with Crippen LogP contribution < -0.4 is 41.0 Å². The molecule has 0 aromatic carbocycles. The molecule has 0 saturated carbocycles. The molecule has 8 heteroatoms. The number of nitrogen functional groups attached to an aromatic ring is 1. The first kappa shape index (κ1) is 12.4. The molecular formula is C5H7N4NaO2S. The average Bonchev–Trinajstić information content (AvgIpc) is 2.37. The van der Waals surface area contributed by atoms with E-state index in [-0.39, 0.29) is 47.5 Å². The van der Waals surface area contributed by atoms with E-state index >= 15 is 0 Å². The Morgan fingerprint density at radius 3 is 2.69 bits per heavy atom. The quantitative estimate of drug-likeness (QED) is 0.203. The van der Waals surface area contributed by atoms with Gasteiger partial charge >= 0.3 is 29.6 Å². The van der Waals surface area contributed by atoms with Crippen molar-refractivity contribution in [1.82, 2.24) is 4.98 Å². The van der Waals surface area contributed by atoms with Crippen LogP contribution in [0.25, 0.3) is 0 Å². The minimum atomic E-state index is -0.845. The number of amides is 1. The molecule has 6 nitrogen and oxygen atoms in total. The second-order valence-corrected chi connectivity index (χ2v) is 2.77. The molecule has 5 N–H and O–H groups in total. The van der Waals surface area contributed by atoms with E-state index in [1.165, 1.54) is 5.38 Å². The number of thiazole rings is 1. The number of aromatic nitrogens is 1. The Balaban J connectivity index is 0. The number of nitrogens with two attached hydrogens (primary N) is 2. The molecule has 13 heavy (non-hydrogen) atoms. The summed E-state index contributed by atoms with van der Waals surface area (Å²) in [5.41, 5.74) is 10.1. The first-order valence-electron chi connectivity index (χ1n) is 2.88. The average molecular weight is 210 g/mol. The minimum Gasteiger partial charge on any atom is -1.00 e. The first-order valence-corrected chi connectivity index (χ1v) is 3.76. The summed E-state index contributed by atoms with van der Waals surface area (Å²) in [7, 11) is 0. The summed E-state index contributed by atoms with van der Waals surface area (Å²) < 4.78 is 0. The van der Waals surface area contributed by atoms with Gasteiger partial charge in [-0.2, -0.15) is 0 Å². The Labute approximate surface area is 101 Å². The van der Waals surface area contributed by atoms with Crippen LogP contribution in [0.15, 0.2) is 10.5 Å². The van der Waals surface area contributed by atoms with Crippen molar-refractivity contribution in [2.75, 3.05) is 5.73 Å². The van der Waals surface area contributed by atoms with Crippen molar-refractivity contribution in [3.8, 4) is 0 Å². The molecule has 0 spiro atoms. The zero-order valence-corrected chi connectivity index (χ0v) is 9.71. The topological polar surface area (TPSA) is 115 Å². The van der Waals surface area contributed by atoms with Gasteiger partial charge in [0.2, 0.25) is 0 Å². The van der Waals surface area contributed by atoms with Crippen molar-refractivity contribution in [2.45, 2.75) is 0 Å². The molecule has 0 saturated heterocycles. The summed E-state index contributed by atoms with van der Waals surface area (Å²) in [6, 6.07) is 0. The van der Waals surface area contributed by atoms with Crippen LogP contribution in [0, 0.1) is 0 Å². The Morgan fingerprint density at radius 2 is 2.38 bits per heavy atom. The summed E-state index contributed by atoms with van der Waals surface area (Å²) >= 11 is 1.13. The molecule has 1 aromatic heterocycles. The monoisotopic (exact) mass is 210 g/mol. The van der Waals surface area contributed by atoms with Crippen LogP contribution in [-0.2, 0) is 4.79 Å². The van der Waals surface area contributed by atoms with Gasteiger partial charge in [0.15, 0.2) is 10.8 Å². The van der Waals surface area contributed by atoms with Gasteiger partial charge in [0, 0.05) is 5.38 Å². The van der Waals surface area contributed by atoms with Gasteiger partial charge in [0.25, 0.3) is 5.91 Å². The third kappa shape index (κ3) is 2.96. The van der Waals surface area contributed by atoms with Gasteiger partial charge in [0.05, 0.1) is 0 Å². The number of carbonyl (C=O) groups is 1. The van der Waals surface area contributed by atoms with Crippen LogP contribution in [0.5, 0.6) is 0 Å². The van der Waals surface area contributed by atoms with E-state index in [9.17, 15) is 4.79 Å². The second-order valence-electron chi connectivity index (χ2n) is 1.88. The molecule has 0 unspecified atom stereocenters. The number of rotatable bonds is 2. The molecule has 1 aromatic rings. The predicted molar refractivity (Wildman–Crippen MR) is 45.2 cm³/mol. The van der Waals surface area contributed by atoms with Gasteiger partial charge in [-0.15, -0.1) is 11.3 Å². The summed E-state index contributed by atoms with van der Waals surface area (Å²) in [5.74, 6) is -0.845. The zero-order chi connectivity index (χ0) is 9.14. The van der Waals surface area contributed by atoms with E-state index in [2.05, 4.69) is 10.1 Å². The first-order chi connectivity index (χ1) is 5.65. The van der Waals surface area contributed by atoms with Crippen LogP contribution >= 0.6 is 11.3 Å². The predicted octanol–water partition coefficient (Wildman–Crippen LogP) is -3.49. The van der Waals surface area contributed by atoms with Gasteiger partial charge in [-0.3, -0.25) is 4.79 Å². The molecule has 66 valence electrons. The van der Waals surface area contributed by atoms with Crippen LogP contribution in [0.3, 0.4) is 0 Å². The van der Waals surface area contributed by atoms with Gasteiger partial charge in [0.1, 0.15) is 5.69 Å². The Bertz CT molecular complexity index is 342. The Morgan fingerprint density at radius 1 is 1.77 bits per heavy atom. The summed E-state index contributed by atoms with van der Waals surface area (Å²) in [6.07, 6.45) is 0. The maximum Gasteiger partial charge on any atom is 1.00 e. The fourth-order valence-electron chi connectivity index (χ4n) is 0.623. The van der Waals surface area contributed by atoms with E-state index in [4.69, 9.17) is 16.7 Å². The number of carbonyl (C=O) groups excluding carboxylic acids is 1. The Kier molecular flexibility index (Phi) is 4.92. The van der Waals surface area contributed by atoms with Crippen molar-refractivity contribution in [3.63, 3.8) is 0 Å². The number of primary amides is 1. The van der Waals surface area contributed by atoms with Gasteiger partial charge in [-0.05, 0) is 0 Å². The molecule has 0 aliphatic heterocycles. The number of hydrogen-bond acceptors (Lipinski definition) is 6. The number of anilines is 1. The molecule has 0 aliphatic carbocycles. The maximum atomic E-state index is 10.6. The number of nitrogens with zero attached hydrogens (tertiary/aromatic N) is 2. The Hall–Kier alpha value is -0.630. The van der Waals surface area contributed by atoms with Gasteiger partial charge in [-0.1, -0.05) is 5.16 Å². The van der Waals surface area contributed by atoms with E-state index < -0.39 is 5.91 Å². The second kappa shape index (κ2) is 5.18. The van der Waals surface area contributed by atoms with Gasteiger partial charge in [-0.25, -0.2) is 4.98 Å². The summed E-state index contributed by atoms with van der Waals surface area (Å²) in [4.78, 5) is 14.3. The number of oxime groups is 1. The third-order valence-electron chi connectivity index (χ3n) is 1.10. The zero-order valence-electron chi connectivity index (χ0n) is 7.89. The fraction of sp³-hybridized carbons (Fsp3) is 0. The molecule has 0 bridgehead atoms. The molecule has 1 rings (SSSR count). The van der Waals surface area contributed by atoms with E-state index in [0.717, 1.165) is 11.3 Å². The largest absolute Gasteiger partial charge is 1.00 e. The smallest absolute Gasteiger partial charge is 1.00 e. The van der Waals surface area contributed by atoms with Crippen LogP contribution in [-0.4, -0.2) is 21.8 Å². The molecule has 0 aliphatic rings. The molecule has 0 atom stereocenters. The van der Waals surface area contributed by atoms with E-state index in [1.54, 1.807) is 0 Å². The van der Waals surface area contributed by atoms with Crippen molar-refractivity contribution in [1.29, 1.82) is 0 Å². The molecule has 1 amide bonds. The van der Waals surface area contributed by atoms with E-state index in [1.807, 2.05) is 0 Å². The number of hydrogen-bond donors (Lipinski definition) is 3. The fourth-order valence-corrected chi connectivity index (χ4v) is 1.17. The molecule has 0 radical (unpaired) electrons. The van der Waals surface area contributed by atoms with Crippen LogP contribution in [0.2, 0.25) is 0 Å². The third-order valence-corrected chi connectivity index (χ3v) is 1.77. The molecule has 0 fully saturated rings. The summed E-state index contributed by atoms with van der Waals surface area (Å²) in [5, 5.41) is 12.8. The summed E-state index contributed by atoms with van der Waals surface area (Å²) in [6.45, 7) is 0. The van der Waals surface area contributed by atoms with Crippen molar-refractivity contribution in [2.24, 2.45) is 10.9 Å². The minimum absolute atomic E-state index is 0. The van der Waals surface area contributed by atoms with Crippen LogP contribution in [0.4, 0.5) is 5.13 Å².